The summed E-state index contributed by atoms with van der Waals surface area (Å²) in [7, 11) is 5.64. The van der Waals surface area contributed by atoms with E-state index in [0.29, 0.717) is 6.54 Å². The van der Waals surface area contributed by atoms with Crippen LogP contribution in [-0.2, 0) is 11.3 Å². The average molecular weight is 351 g/mol. The molecule has 0 spiro atoms. The topological polar surface area (TPSA) is 58.1 Å². The summed E-state index contributed by atoms with van der Waals surface area (Å²) in [5, 5.41) is 6.68. The highest BCUT2D eigenvalue weighted by atomic mass is 16.5. The van der Waals surface area contributed by atoms with Crippen molar-refractivity contribution in [1.29, 1.82) is 0 Å². The molecule has 1 aromatic rings. The lowest BCUT2D eigenvalue weighted by Gasteiger charge is -2.18. The number of benzene rings is 1. The van der Waals surface area contributed by atoms with Crippen LogP contribution in [0, 0.1) is 0 Å². The maximum absolute atomic E-state index is 5.73. The first kappa shape index (κ1) is 21.3. The van der Waals surface area contributed by atoms with Gasteiger partial charge in [0, 0.05) is 46.9 Å². The first-order valence-corrected chi connectivity index (χ1v) is 8.92. The van der Waals surface area contributed by atoms with Gasteiger partial charge in [-0.1, -0.05) is 12.1 Å². The highest BCUT2D eigenvalue weighted by Gasteiger charge is 2.03. The number of methoxy groups -OCH3 is 1. The molecule has 0 bridgehead atoms. The summed E-state index contributed by atoms with van der Waals surface area (Å²) < 4.78 is 10.8. The predicted octanol–water partition coefficient (Wildman–Crippen LogP) is 2.11. The van der Waals surface area contributed by atoms with Crippen LogP contribution in [0.3, 0.4) is 0 Å². The van der Waals surface area contributed by atoms with Crippen molar-refractivity contribution in [3.05, 3.63) is 29.8 Å². The number of hydrogen-bond donors (Lipinski definition) is 2. The lowest BCUT2D eigenvalue weighted by atomic mass is 10.2. The number of aliphatic imine (C=N–C) groups is 1. The van der Waals surface area contributed by atoms with Gasteiger partial charge in [0.05, 0.1) is 6.10 Å². The minimum Gasteiger partial charge on any atom is -0.491 e. The molecule has 1 rings (SSSR count). The monoisotopic (exact) mass is 350 g/mol. The van der Waals surface area contributed by atoms with Crippen molar-refractivity contribution in [1.82, 2.24) is 15.5 Å². The van der Waals surface area contributed by atoms with Gasteiger partial charge >= 0.3 is 0 Å². The maximum atomic E-state index is 5.73. The van der Waals surface area contributed by atoms with Crippen molar-refractivity contribution in [3.63, 3.8) is 0 Å². The Morgan fingerprint density at radius 1 is 1.24 bits per heavy atom. The number of guanidine groups is 1. The van der Waals surface area contributed by atoms with Crippen molar-refractivity contribution in [2.24, 2.45) is 4.99 Å². The second-order valence-corrected chi connectivity index (χ2v) is 6.32. The molecule has 0 atom stereocenters. The molecule has 0 aliphatic rings. The van der Waals surface area contributed by atoms with Gasteiger partial charge in [-0.3, -0.25) is 4.99 Å². The second-order valence-electron chi connectivity index (χ2n) is 6.32. The van der Waals surface area contributed by atoms with Crippen LogP contribution >= 0.6 is 0 Å². The van der Waals surface area contributed by atoms with Gasteiger partial charge in [-0.15, -0.1) is 0 Å². The third-order valence-electron chi connectivity index (χ3n) is 3.63. The molecule has 0 unspecified atom stereocenters. The molecule has 25 heavy (non-hydrogen) atoms. The molecular formula is C19H34N4O2. The van der Waals surface area contributed by atoms with Gasteiger partial charge in [0.15, 0.2) is 5.96 Å². The van der Waals surface area contributed by atoms with Crippen LogP contribution in [-0.4, -0.2) is 64.4 Å². The van der Waals surface area contributed by atoms with E-state index in [9.17, 15) is 0 Å². The lowest BCUT2D eigenvalue weighted by molar-refractivity contribution is 0.180. The zero-order chi connectivity index (χ0) is 18.5. The molecule has 0 saturated heterocycles. The number of rotatable bonds is 11. The summed E-state index contributed by atoms with van der Waals surface area (Å²) in [5.41, 5.74) is 1.16. The fraction of sp³-hybridized carbons (Fsp3) is 0.632. The van der Waals surface area contributed by atoms with Gasteiger partial charge in [-0.2, -0.15) is 0 Å². The van der Waals surface area contributed by atoms with E-state index in [1.807, 2.05) is 26.0 Å². The van der Waals surface area contributed by atoms with Crippen LogP contribution in [0.5, 0.6) is 5.75 Å². The van der Waals surface area contributed by atoms with Crippen molar-refractivity contribution in [3.8, 4) is 5.75 Å². The predicted molar refractivity (Wildman–Crippen MR) is 104 cm³/mol. The van der Waals surface area contributed by atoms with Gasteiger partial charge in [0.1, 0.15) is 5.75 Å². The number of likely N-dealkylation sites (N-methyl/N-ethyl adjacent to an activating group) is 1. The summed E-state index contributed by atoms with van der Waals surface area (Å²) in [5.74, 6) is 1.70. The maximum Gasteiger partial charge on any atom is 0.191 e. The smallest absolute Gasteiger partial charge is 0.191 e. The highest BCUT2D eigenvalue weighted by molar-refractivity contribution is 5.79. The fourth-order valence-electron chi connectivity index (χ4n) is 2.36. The van der Waals surface area contributed by atoms with Crippen LogP contribution in [0.25, 0.3) is 0 Å². The van der Waals surface area contributed by atoms with Crippen molar-refractivity contribution >= 4 is 5.96 Å². The van der Waals surface area contributed by atoms with Gasteiger partial charge < -0.3 is 25.0 Å². The third-order valence-corrected chi connectivity index (χ3v) is 3.63. The van der Waals surface area contributed by atoms with E-state index in [-0.39, 0.29) is 6.10 Å². The number of nitrogens with zero attached hydrogens (tertiary/aromatic N) is 2. The van der Waals surface area contributed by atoms with Crippen molar-refractivity contribution in [2.45, 2.75) is 32.9 Å². The molecule has 6 nitrogen and oxygen atoms in total. The SMILES string of the molecule is CN=C(NCCN(C)CCCOC)NCc1cccc(OC(C)C)c1. The van der Waals surface area contributed by atoms with E-state index in [1.54, 1.807) is 14.2 Å². The Balaban J connectivity index is 2.32. The summed E-state index contributed by atoms with van der Waals surface area (Å²) in [6.45, 7) is 8.41. The molecule has 0 aliphatic heterocycles. The van der Waals surface area contributed by atoms with Gasteiger partial charge in [0.25, 0.3) is 0 Å². The Morgan fingerprint density at radius 2 is 2.04 bits per heavy atom. The summed E-state index contributed by atoms with van der Waals surface area (Å²) in [6.07, 6.45) is 1.23. The normalized spacial score (nSPS) is 11.9. The molecule has 0 radical (unpaired) electrons. The number of ether oxygens (including phenoxy) is 2. The Bertz CT molecular complexity index is 506. The number of nitrogens with one attached hydrogen (secondary N) is 2. The Labute approximate surface area is 152 Å². The van der Waals surface area contributed by atoms with E-state index >= 15 is 0 Å². The van der Waals surface area contributed by atoms with Crippen LogP contribution in [0.1, 0.15) is 25.8 Å². The van der Waals surface area contributed by atoms with E-state index in [4.69, 9.17) is 9.47 Å². The molecule has 6 heteroatoms. The largest absolute Gasteiger partial charge is 0.491 e. The molecule has 0 fully saturated rings. The molecule has 0 aromatic heterocycles. The van der Waals surface area contributed by atoms with Gasteiger partial charge in [0.2, 0.25) is 0 Å². The molecule has 0 saturated carbocycles. The van der Waals surface area contributed by atoms with Gasteiger partial charge in [-0.05, 0) is 45.0 Å². The summed E-state index contributed by atoms with van der Waals surface area (Å²) in [6, 6.07) is 8.14. The van der Waals surface area contributed by atoms with Crippen LogP contribution < -0.4 is 15.4 Å². The van der Waals surface area contributed by atoms with Crippen LogP contribution in [0.15, 0.2) is 29.3 Å². The van der Waals surface area contributed by atoms with Crippen molar-refractivity contribution in [2.75, 3.05) is 47.4 Å². The van der Waals surface area contributed by atoms with Crippen LogP contribution in [0.4, 0.5) is 0 Å². The fourth-order valence-corrected chi connectivity index (χ4v) is 2.36. The van der Waals surface area contributed by atoms with Gasteiger partial charge in [-0.25, -0.2) is 0 Å². The van der Waals surface area contributed by atoms with Crippen LogP contribution in [0.2, 0.25) is 0 Å². The Morgan fingerprint density at radius 3 is 2.72 bits per heavy atom. The zero-order valence-electron chi connectivity index (χ0n) is 16.3. The standard InChI is InChI=1S/C19H34N4O2/c1-16(2)25-18-9-6-8-17(14-18)15-22-19(20-3)21-10-12-23(4)11-7-13-24-5/h6,8-9,14,16H,7,10-13,15H2,1-5H3,(H2,20,21,22). The van der Waals surface area contributed by atoms with E-state index < -0.39 is 0 Å². The van der Waals surface area contributed by atoms with E-state index in [2.05, 4.69) is 39.7 Å². The Hall–Kier alpha value is -1.79. The second kappa shape index (κ2) is 12.6. The molecule has 0 heterocycles. The average Bonchev–Trinajstić information content (AvgIpc) is 2.58. The highest BCUT2D eigenvalue weighted by Crippen LogP contribution is 2.14. The molecule has 142 valence electrons. The Kier molecular flexibility index (Phi) is 10.7. The van der Waals surface area contributed by atoms with Crippen molar-refractivity contribution < 1.29 is 9.47 Å². The van der Waals surface area contributed by atoms with E-state index in [0.717, 1.165) is 49.9 Å². The summed E-state index contributed by atoms with van der Waals surface area (Å²) >= 11 is 0. The molecule has 2 N–H and O–H groups in total. The van der Waals surface area contributed by atoms with E-state index in [1.165, 1.54) is 0 Å². The molecule has 1 aromatic carbocycles. The molecule has 0 aliphatic carbocycles. The minimum atomic E-state index is 0.179. The molecule has 0 amide bonds. The lowest BCUT2D eigenvalue weighted by Crippen LogP contribution is -2.40. The third kappa shape index (κ3) is 9.94. The zero-order valence-corrected chi connectivity index (χ0v) is 16.3. The summed E-state index contributed by atoms with van der Waals surface area (Å²) in [4.78, 5) is 6.55. The first-order valence-electron chi connectivity index (χ1n) is 8.92. The quantitative estimate of drug-likeness (QED) is 0.364. The first-order chi connectivity index (χ1) is 12.0. The minimum absolute atomic E-state index is 0.179. The molecular weight excluding hydrogens is 316 g/mol. The number of hydrogen-bond acceptors (Lipinski definition) is 4.